The summed E-state index contributed by atoms with van der Waals surface area (Å²) in [7, 11) is 2.84. The van der Waals surface area contributed by atoms with Crippen LogP contribution in [0.3, 0.4) is 0 Å². The molecule has 1 aromatic carbocycles. The Morgan fingerprint density at radius 2 is 1.87 bits per heavy atom. The molecular formula is C19H18O4. The molecule has 0 unspecified atom stereocenters. The molecule has 23 heavy (non-hydrogen) atoms. The highest BCUT2D eigenvalue weighted by Gasteiger charge is 2.15. The van der Waals surface area contributed by atoms with Crippen molar-refractivity contribution in [1.82, 2.24) is 0 Å². The number of rotatable bonds is 6. The van der Waals surface area contributed by atoms with Gasteiger partial charge in [0.1, 0.15) is 5.57 Å². The van der Waals surface area contributed by atoms with Crippen molar-refractivity contribution >= 4 is 23.7 Å². The highest BCUT2D eigenvalue weighted by Crippen LogP contribution is 2.22. The Morgan fingerprint density at radius 3 is 2.57 bits per heavy atom. The van der Waals surface area contributed by atoms with Crippen molar-refractivity contribution in [2.45, 2.75) is 0 Å². The smallest absolute Gasteiger partial charge is 0.341 e. The number of ether oxygens (including phenoxy) is 2. The van der Waals surface area contributed by atoms with Crippen LogP contribution in [0.15, 0.2) is 65.7 Å². The molecule has 0 saturated carbocycles. The van der Waals surface area contributed by atoms with E-state index in [0.717, 1.165) is 16.7 Å². The zero-order valence-corrected chi connectivity index (χ0v) is 13.1. The standard InChI is InChI=1S/C19H18O4/c1-21-14-18(19(20)22-2)17-10-6-5-9-16(17)8-4-3-7-15-11-12-23-13-15/h3-14H,1-2H3. The van der Waals surface area contributed by atoms with Gasteiger partial charge in [0.25, 0.3) is 0 Å². The molecule has 0 aliphatic heterocycles. The molecular weight excluding hydrogens is 292 g/mol. The van der Waals surface area contributed by atoms with E-state index in [9.17, 15) is 4.79 Å². The highest BCUT2D eigenvalue weighted by molar-refractivity contribution is 6.17. The lowest BCUT2D eigenvalue weighted by Crippen LogP contribution is -2.05. The SMILES string of the molecule is COC=C(C(=O)OC)c1ccccc1C=CC=Cc1ccoc1. The second-order valence-electron chi connectivity index (χ2n) is 4.62. The van der Waals surface area contributed by atoms with Crippen LogP contribution in [0.2, 0.25) is 0 Å². The Morgan fingerprint density at radius 1 is 1.09 bits per heavy atom. The Bertz CT molecular complexity index is 722. The third-order valence-corrected chi connectivity index (χ3v) is 3.11. The normalized spacial score (nSPS) is 12.0. The Hall–Kier alpha value is -3.01. The molecule has 0 amide bonds. The average Bonchev–Trinajstić information content (AvgIpc) is 3.10. The van der Waals surface area contributed by atoms with Crippen molar-refractivity contribution in [2.24, 2.45) is 0 Å². The van der Waals surface area contributed by atoms with Gasteiger partial charge in [-0.05, 0) is 17.2 Å². The van der Waals surface area contributed by atoms with E-state index < -0.39 is 5.97 Å². The van der Waals surface area contributed by atoms with Crippen LogP contribution in [0, 0.1) is 0 Å². The summed E-state index contributed by atoms with van der Waals surface area (Å²) in [6.45, 7) is 0. The summed E-state index contributed by atoms with van der Waals surface area (Å²) < 4.78 is 14.8. The fourth-order valence-electron chi connectivity index (χ4n) is 2.03. The van der Waals surface area contributed by atoms with E-state index in [2.05, 4.69) is 0 Å². The van der Waals surface area contributed by atoms with Gasteiger partial charge in [-0.15, -0.1) is 0 Å². The van der Waals surface area contributed by atoms with Crippen LogP contribution in [-0.4, -0.2) is 20.2 Å². The molecule has 0 bridgehead atoms. The molecule has 1 aromatic heterocycles. The molecule has 0 saturated heterocycles. The van der Waals surface area contributed by atoms with Gasteiger partial charge in [-0.25, -0.2) is 4.79 Å². The Kier molecular flexibility index (Phi) is 6.00. The minimum Gasteiger partial charge on any atom is -0.503 e. The second kappa shape index (κ2) is 8.44. The number of furan rings is 1. The highest BCUT2D eigenvalue weighted by atomic mass is 16.5. The first-order valence-corrected chi connectivity index (χ1v) is 7.04. The number of hydrogen-bond donors (Lipinski definition) is 0. The van der Waals surface area contributed by atoms with Gasteiger partial charge in [-0.3, -0.25) is 0 Å². The van der Waals surface area contributed by atoms with Crippen LogP contribution in [-0.2, 0) is 14.3 Å². The number of benzene rings is 1. The first kappa shape index (κ1) is 16.4. The molecule has 0 aliphatic rings. The largest absolute Gasteiger partial charge is 0.503 e. The van der Waals surface area contributed by atoms with Crippen molar-refractivity contribution in [3.63, 3.8) is 0 Å². The number of methoxy groups -OCH3 is 2. The van der Waals surface area contributed by atoms with Crippen LogP contribution >= 0.6 is 0 Å². The van der Waals surface area contributed by atoms with Crippen LogP contribution in [0.5, 0.6) is 0 Å². The van der Waals surface area contributed by atoms with E-state index in [1.807, 2.05) is 54.6 Å². The summed E-state index contributed by atoms with van der Waals surface area (Å²) in [6, 6.07) is 9.41. The first-order valence-electron chi connectivity index (χ1n) is 7.04. The number of hydrogen-bond acceptors (Lipinski definition) is 4. The maximum atomic E-state index is 11.9. The molecule has 0 atom stereocenters. The summed E-state index contributed by atoms with van der Waals surface area (Å²) >= 11 is 0. The van der Waals surface area contributed by atoms with Gasteiger partial charge >= 0.3 is 5.97 Å². The lowest BCUT2D eigenvalue weighted by atomic mass is 10.00. The average molecular weight is 310 g/mol. The van der Waals surface area contributed by atoms with Gasteiger partial charge < -0.3 is 13.9 Å². The topological polar surface area (TPSA) is 48.7 Å². The third kappa shape index (κ3) is 4.48. The molecule has 2 aromatic rings. The van der Waals surface area contributed by atoms with Crippen molar-refractivity contribution in [1.29, 1.82) is 0 Å². The zero-order chi connectivity index (χ0) is 16.5. The molecule has 4 heteroatoms. The van der Waals surface area contributed by atoms with Crippen LogP contribution in [0.1, 0.15) is 16.7 Å². The van der Waals surface area contributed by atoms with Gasteiger partial charge in [-0.1, -0.05) is 48.6 Å². The minimum absolute atomic E-state index is 0.370. The maximum Gasteiger partial charge on any atom is 0.341 e. The monoisotopic (exact) mass is 310 g/mol. The summed E-state index contributed by atoms with van der Waals surface area (Å²) in [5.74, 6) is -0.443. The summed E-state index contributed by atoms with van der Waals surface area (Å²) in [4.78, 5) is 11.9. The number of allylic oxidation sites excluding steroid dienone is 2. The van der Waals surface area contributed by atoms with E-state index in [0.29, 0.717) is 5.57 Å². The fraction of sp³-hybridized carbons (Fsp3) is 0.105. The quantitative estimate of drug-likeness (QED) is 0.348. The lowest BCUT2D eigenvalue weighted by Gasteiger charge is -2.08. The Balaban J connectivity index is 2.26. The maximum absolute atomic E-state index is 11.9. The van der Waals surface area contributed by atoms with Gasteiger partial charge in [0, 0.05) is 5.56 Å². The molecule has 0 aliphatic carbocycles. The van der Waals surface area contributed by atoms with E-state index in [1.54, 1.807) is 12.5 Å². The third-order valence-electron chi connectivity index (χ3n) is 3.11. The van der Waals surface area contributed by atoms with E-state index in [1.165, 1.54) is 20.5 Å². The summed E-state index contributed by atoms with van der Waals surface area (Å²) in [5.41, 5.74) is 2.98. The van der Waals surface area contributed by atoms with Crippen molar-refractivity contribution in [2.75, 3.05) is 14.2 Å². The number of carbonyl (C=O) groups excluding carboxylic acids is 1. The van der Waals surface area contributed by atoms with Gasteiger partial charge in [-0.2, -0.15) is 0 Å². The van der Waals surface area contributed by atoms with Crippen molar-refractivity contribution in [3.8, 4) is 0 Å². The van der Waals surface area contributed by atoms with Gasteiger partial charge in [0.15, 0.2) is 0 Å². The first-order chi connectivity index (χ1) is 11.3. The van der Waals surface area contributed by atoms with E-state index in [4.69, 9.17) is 13.9 Å². The molecule has 0 fully saturated rings. The fourth-order valence-corrected chi connectivity index (χ4v) is 2.03. The van der Waals surface area contributed by atoms with E-state index in [-0.39, 0.29) is 0 Å². The summed E-state index contributed by atoms with van der Waals surface area (Å²) in [5, 5.41) is 0. The number of esters is 1. The molecule has 0 spiro atoms. The minimum atomic E-state index is -0.443. The molecule has 4 nitrogen and oxygen atoms in total. The van der Waals surface area contributed by atoms with Crippen molar-refractivity contribution < 1.29 is 18.7 Å². The molecule has 2 rings (SSSR count). The lowest BCUT2D eigenvalue weighted by molar-refractivity contribution is -0.133. The predicted octanol–water partition coefficient (Wildman–Crippen LogP) is 4.17. The molecule has 118 valence electrons. The molecule has 0 N–H and O–H groups in total. The summed E-state index contributed by atoms with van der Waals surface area (Å²) in [6.07, 6.45) is 12.3. The second-order valence-corrected chi connectivity index (χ2v) is 4.62. The molecule has 1 heterocycles. The number of carbonyl (C=O) groups is 1. The van der Waals surface area contributed by atoms with Gasteiger partial charge in [0.05, 0.1) is 33.0 Å². The van der Waals surface area contributed by atoms with Crippen LogP contribution in [0.25, 0.3) is 17.7 Å². The molecule has 0 radical (unpaired) electrons. The Labute approximate surface area is 135 Å². The van der Waals surface area contributed by atoms with Crippen LogP contribution in [0.4, 0.5) is 0 Å². The van der Waals surface area contributed by atoms with Crippen LogP contribution < -0.4 is 0 Å². The van der Waals surface area contributed by atoms with Crippen molar-refractivity contribution in [3.05, 3.63) is 78.0 Å². The van der Waals surface area contributed by atoms with Gasteiger partial charge in [0.2, 0.25) is 0 Å². The van der Waals surface area contributed by atoms with E-state index >= 15 is 0 Å². The zero-order valence-electron chi connectivity index (χ0n) is 13.1. The predicted molar refractivity (Wildman–Crippen MR) is 90.2 cm³/mol.